The summed E-state index contributed by atoms with van der Waals surface area (Å²) in [4.78, 5) is 25.2. The molecule has 0 bridgehead atoms. The van der Waals surface area contributed by atoms with Gasteiger partial charge in [-0.3, -0.25) is 14.5 Å². The number of nitrogens with zero attached hydrogens (tertiary/aromatic N) is 1. The van der Waals surface area contributed by atoms with Crippen molar-refractivity contribution >= 4 is 17.6 Å². The lowest BCUT2D eigenvalue weighted by Crippen LogP contribution is -2.24. The Kier molecular flexibility index (Phi) is 4.96. The van der Waals surface area contributed by atoms with E-state index in [2.05, 4.69) is 24.1 Å². The maximum Gasteiger partial charge on any atom is 0.307 e. The molecule has 2 unspecified atom stereocenters. The first-order chi connectivity index (χ1) is 10.1. The van der Waals surface area contributed by atoms with Gasteiger partial charge in [0.15, 0.2) is 0 Å². The molecule has 1 aliphatic carbocycles. The van der Waals surface area contributed by atoms with Crippen LogP contribution in [-0.4, -0.2) is 35.0 Å². The molecule has 0 aliphatic heterocycles. The normalized spacial score (nSPS) is 20.3. The van der Waals surface area contributed by atoms with Crippen molar-refractivity contribution in [3.8, 4) is 0 Å². The first kappa shape index (κ1) is 15.5. The number of benzene rings is 1. The second-order valence-corrected chi connectivity index (χ2v) is 5.39. The van der Waals surface area contributed by atoms with E-state index in [0.717, 1.165) is 30.9 Å². The molecule has 1 amide bonds. The fourth-order valence-corrected chi connectivity index (χ4v) is 2.45. The van der Waals surface area contributed by atoms with E-state index in [1.165, 1.54) is 0 Å². The van der Waals surface area contributed by atoms with E-state index in [9.17, 15) is 9.59 Å². The molecule has 0 radical (unpaired) electrons. The monoisotopic (exact) mass is 290 g/mol. The van der Waals surface area contributed by atoms with Gasteiger partial charge in [0.25, 0.3) is 0 Å². The summed E-state index contributed by atoms with van der Waals surface area (Å²) in [7, 11) is 0. The summed E-state index contributed by atoms with van der Waals surface area (Å²) in [5, 5.41) is 11.8. The van der Waals surface area contributed by atoms with Gasteiger partial charge in [-0.25, -0.2) is 0 Å². The number of hydrogen-bond acceptors (Lipinski definition) is 3. The Balaban J connectivity index is 2.03. The smallest absolute Gasteiger partial charge is 0.307 e. The van der Waals surface area contributed by atoms with E-state index < -0.39 is 11.9 Å². The average Bonchev–Trinajstić information content (AvgIpc) is 3.27. The quantitative estimate of drug-likeness (QED) is 0.807. The van der Waals surface area contributed by atoms with Gasteiger partial charge in [0.2, 0.25) is 5.91 Å². The van der Waals surface area contributed by atoms with Crippen molar-refractivity contribution in [2.45, 2.75) is 26.8 Å². The molecule has 21 heavy (non-hydrogen) atoms. The highest BCUT2D eigenvalue weighted by atomic mass is 16.4. The summed E-state index contributed by atoms with van der Waals surface area (Å²) in [6.07, 6.45) is 0.444. The van der Waals surface area contributed by atoms with Crippen molar-refractivity contribution in [3.05, 3.63) is 29.8 Å². The number of carbonyl (C=O) groups is 2. The number of rotatable bonds is 7. The third-order valence-electron chi connectivity index (χ3n) is 4.01. The van der Waals surface area contributed by atoms with Crippen LogP contribution < -0.4 is 5.32 Å². The zero-order valence-electron chi connectivity index (χ0n) is 12.5. The minimum atomic E-state index is -0.883. The zero-order valence-corrected chi connectivity index (χ0v) is 12.5. The van der Waals surface area contributed by atoms with E-state index in [1.54, 1.807) is 0 Å². The van der Waals surface area contributed by atoms with Gasteiger partial charge in [0.1, 0.15) is 0 Å². The maximum absolute atomic E-state index is 12.1. The first-order valence-electron chi connectivity index (χ1n) is 7.40. The second kappa shape index (κ2) is 6.72. The molecule has 1 aliphatic rings. The third-order valence-corrected chi connectivity index (χ3v) is 4.01. The number of hydrogen-bond donors (Lipinski definition) is 2. The number of nitrogens with one attached hydrogen (secondary N) is 1. The Hall–Kier alpha value is -1.88. The molecule has 1 fully saturated rings. The summed E-state index contributed by atoms with van der Waals surface area (Å²) in [6, 6.07) is 7.69. The second-order valence-electron chi connectivity index (χ2n) is 5.39. The highest BCUT2D eigenvalue weighted by Crippen LogP contribution is 2.39. The standard InChI is InChI=1S/C16H22N2O3/c1-3-18(4-2)10-11-7-5-6-8-14(11)17-15(19)12-9-13(12)16(20)21/h5-8,12-13H,3-4,9-10H2,1-2H3,(H,17,19)(H,20,21). The van der Waals surface area contributed by atoms with E-state index >= 15 is 0 Å². The van der Waals surface area contributed by atoms with Crippen LogP contribution in [0, 0.1) is 11.8 Å². The minimum Gasteiger partial charge on any atom is -0.481 e. The summed E-state index contributed by atoms with van der Waals surface area (Å²) in [6.45, 7) is 6.88. The van der Waals surface area contributed by atoms with E-state index in [0.29, 0.717) is 6.42 Å². The van der Waals surface area contributed by atoms with E-state index in [1.807, 2.05) is 24.3 Å². The largest absolute Gasteiger partial charge is 0.481 e. The van der Waals surface area contributed by atoms with Crippen molar-refractivity contribution in [3.63, 3.8) is 0 Å². The molecule has 0 heterocycles. The lowest BCUT2D eigenvalue weighted by atomic mass is 10.1. The Bertz CT molecular complexity index is 526. The van der Waals surface area contributed by atoms with Gasteiger partial charge in [-0.1, -0.05) is 32.0 Å². The van der Waals surface area contributed by atoms with Crippen molar-refractivity contribution in [2.75, 3.05) is 18.4 Å². The molecule has 0 saturated heterocycles. The number of aliphatic carboxylic acids is 1. The predicted octanol–water partition coefficient (Wildman–Crippen LogP) is 2.19. The molecule has 5 heteroatoms. The number of amides is 1. The zero-order chi connectivity index (χ0) is 15.4. The molecule has 114 valence electrons. The molecule has 1 aromatic carbocycles. The highest BCUT2D eigenvalue weighted by molar-refractivity contribution is 5.98. The molecule has 0 spiro atoms. The Morgan fingerprint density at radius 2 is 1.90 bits per heavy atom. The highest BCUT2D eigenvalue weighted by Gasteiger charge is 2.48. The summed E-state index contributed by atoms with van der Waals surface area (Å²) >= 11 is 0. The molecular formula is C16H22N2O3. The van der Waals surface area contributed by atoms with E-state index in [-0.39, 0.29) is 11.8 Å². The lowest BCUT2D eigenvalue weighted by Gasteiger charge is -2.20. The van der Waals surface area contributed by atoms with Gasteiger partial charge in [0.05, 0.1) is 11.8 Å². The van der Waals surface area contributed by atoms with Crippen LogP contribution in [-0.2, 0) is 16.1 Å². The van der Waals surface area contributed by atoms with Crippen LogP contribution in [0.25, 0.3) is 0 Å². The van der Waals surface area contributed by atoms with Gasteiger partial charge < -0.3 is 10.4 Å². The Morgan fingerprint density at radius 3 is 2.48 bits per heavy atom. The van der Waals surface area contributed by atoms with Crippen molar-refractivity contribution < 1.29 is 14.7 Å². The van der Waals surface area contributed by atoms with Crippen molar-refractivity contribution in [2.24, 2.45) is 11.8 Å². The Morgan fingerprint density at radius 1 is 1.24 bits per heavy atom. The molecule has 2 N–H and O–H groups in total. The average molecular weight is 290 g/mol. The number of anilines is 1. The number of para-hydroxylation sites is 1. The van der Waals surface area contributed by atoms with Gasteiger partial charge in [0, 0.05) is 12.2 Å². The number of carboxylic acids is 1. The predicted molar refractivity (Wildman–Crippen MR) is 80.9 cm³/mol. The first-order valence-corrected chi connectivity index (χ1v) is 7.40. The van der Waals surface area contributed by atoms with Crippen molar-refractivity contribution in [1.82, 2.24) is 4.90 Å². The molecule has 1 saturated carbocycles. The molecular weight excluding hydrogens is 268 g/mol. The SMILES string of the molecule is CCN(CC)Cc1ccccc1NC(=O)C1CC1C(=O)O. The molecule has 5 nitrogen and oxygen atoms in total. The van der Waals surface area contributed by atoms with Crippen LogP contribution in [0.5, 0.6) is 0 Å². The topological polar surface area (TPSA) is 69.6 Å². The van der Waals surface area contributed by atoms with Gasteiger partial charge in [-0.05, 0) is 31.1 Å². The van der Waals surface area contributed by atoms with Crippen molar-refractivity contribution in [1.29, 1.82) is 0 Å². The van der Waals surface area contributed by atoms with E-state index in [4.69, 9.17) is 5.11 Å². The molecule has 1 aromatic rings. The minimum absolute atomic E-state index is 0.186. The van der Waals surface area contributed by atoms with Gasteiger partial charge >= 0.3 is 5.97 Å². The summed E-state index contributed by atoms with van der Waals surface area (Å²) in [5.74, 6) is -1.97. The van der Waals surface area contributed by atoms with Crippen LogP contribution >= 0.6 is 0 Å². The fourth-order valence-electron chi connectivity index (χ4n) is 2.45. The molecule has 2 atom stereocenters. The molecule has 2 rings (SSSR count). The lowest BCUT2D eigenvalue weighted by molar-refractivity contribution is -0.139. The molecule has 0 aromatic heterocycles. The van der Waals surface area contributed by atoms with Crippen LogP contribution in [0.1, 0.15) is 25.8 Å². The van der Waals surface area contributed by atoms with Crippen LogP contribution in [0.3, 0.4) is 0 Å². The van der Waals surface area contributed by atoms with Gasteiger partial charge in [-0.15, -0.1) is 0 Å². The maximum atomic E-state index is 12.1. The number of carboxylic acid groups (broad SMARTS) is 1. The van der Waals surface area contributed by atoms with Crippen LogP contribution in [0.4, 0.5) is 5.69 Å². The fraction of sp³-hybridized carbons (Fsp3) is 0.500. The third kappa shape index (κ3) is 3.82. The number of carbonyl (C=O) groups excluding carboxylic acids is 1. The van der Waals surface area contributed by atoms with Gasteiger partial charge in [-0.2, -0.15) is 0 Å². The Labute approximate surface area is 125 Å². The summed E-state index contributed by atoms with van der Waals surface area (Å²) < 4.78 is 0. The van der Waals surface area contributed by atoms with Crippen LogP contribution in [0.2, 0.25) is 0 Å². The summed E-state index contributed by atoms with van der Waals surface area (Å²) in [5.41, 5.74) is 1.84. The van der Waals surface area contributed by atoms with Crippen LogP contribution in [0.15, 0.2) is 24.3 Å².